The van der Waals surface area contributed by atoms with Crippen LogP contribution in [0.25, 0.3) is 0 Å². The molecule has 1 aromatic rings. The quantitative estimate of drug-likeness (QED) is 0.857. The summed E-state index contributed by atoms with van der Waals surface area (Å²) in [7, 11) is -1.72. The van der Waals surface area contributed by atoms with Crippen LogP contribution >= 0.6 is 11.3 Å². The number of hydrogen-bond donors (Lipinski definition) is 1. The number of thiophene rings is 1. The van der Waals surface area contributed by atoms with Crippen LogP contribution in [0.3, 0.4) is 0 Å². The van der Waals surface area contributed by atoms with E-state index in [1.807, 2.05) is 6.92 Å². The van der Waals surface area contributed by atoms with Crippen molar-refractivity contribution >= 4 is 21.4 Å². The molecule has 0 unspecified atom stereocenters. The third-order valence-electron chi connectivity index (χ3n) is 3.78. The van der Waals surface area contributed by atoms with Gasteiger partial charge in [0.05, 0.1) is 0 Å². The van der Waals surface area contributed by atoms with Crippen LogP contribution in [0.5, 0.6) is 0 Å². The number of aryl methyl sites for hydroxylation is 1. The van der Waals surface area contributed by atoms with Crippen molar-refractivity contribution in [2.75, 3.05) is 33.2 Å². The van der Waals surface area contributed by atoms with Crippen LogP contribution in [0.1, 0.15) is 23.3 Å². The number of nitrogens with two attached hydrogens (primary N) is 1. The molecule has 0 spiro atoms. The molecule has 1 aliphatic rings. The standard InChI is InChI=1S/C13H23N3O2S2/c1-11-9-13(19-12(11)10-14)20(17,18)15(2)7-8-16-5-3-4-6-16/h9H,3-8,10,14H2,1-2H3. The fraction of sp³-hybridized carbons (Fsp3) is 0.692. The van der Waals surface area contributed by atoms with Crippen molar-refractivity contribution in [3.8, 4) is 0 Å². The first-order valence-corrected chi connectivity index (χ1v) is 9.19. The molecule has 0 atom stereocenters. The van der Waals surface area contributed by atoms with Gasteiger partial charge < -0.3 is 10.6 Å². The van der Waals surface area contributed by atoms with E-state index in [0.29, 0.717) is 17.3 Å². The minimum Gasteiger partial charge on any atom is -0.326 e. The average molecular weight is 317 g/mol. The molecule has 0 saturated carbocycles. The smallest absolute Gasteiger partial charge is 0.252 e. The molecule has 5 nitrogen and oxygen atoms in total. The highest BCUT2D eigenvalue weighted by Crippen LogP contribution is 2.27. The maximum Gasteiger partial charge on any atom is 0.252 e. The van der Waals surface area contributed by atoms with Crippen LogP contribution in [0.4, 0.5) is 0 Å². The maximum absolute atomic E-state index is 12.5. The van der Waals surface area contributed by atoms with Gasteiger partial charge in [0, 0.05) is 31.6 Å². The molecule has 7 heteroatoms. The minimum absolute atomic E-state index is 0.392. The lowest BCUT2D eigenvalue weighted by atomic mass is 10.3. The second-order valence-corrected chi connectivity index (χ2v) is 8.66. The van der Waals surface area contributed by atoms with E-state index in [0.717, 1.165) is 30.1 Å². The molecule has 2 heterocycles. The molecular weight excluding hydrogens is 294 g/mol. The fourth-order valence-corrected chi connectivity index (χ4v) is 5.22. The summed E-state index contributed by atoms with van der Waals surface area (Å²) in [6.45, 7) is 5.82. The Hall–Kier alpha value is -0.470. The van der Waals surface area contributed by atoms with E-state index in [4.69, 9.17) is 5.73 Å². The first-order chi connectivity index (χ1) is 9.45. The molecule has 114 valence electrons. The lowest BCUT2D eigenvalue weighted by Crippen LogP contribution is -2.34. The van der Waals surface area contributed by atoms with Gasteiger partial charge in [-0.15, -0.1) is 11.3 Å². The Kier molecular flexibility index (Phi) is 5.19. The Bertz CT molecular complexity index is 548. The van der Waals surface area contributed by atoms with Crippen molar-refractivity contribution in [3.63, 3.8) is 0 Å². The van der Waals surface area contributed by atoms with Gasteiger partial charge in [-0.25, -0.2) is 8.42 Å². The van der Waals surface area contributed by atoms with E-state index in [9.17, 15) is 8.42 Å². The zero-order valence-corrected chi connectivity index (χ0v) is 13.8. The van der Waals surface area contributed by atoms with Gasteiger partial charge in [0.2, 0.25) is 0 Å². The Morgan fingerprint density at radius 1 is 1.40 bits per heavy atom. The molecule has 1 fully saturated rings. The van der Waals surface area contributed by atoms with Gasteiger partial charge >= 0.3 is 0 Å². The number of sulfonamides is 1. The van der Waals surface area contributed by atoms with Crippen molar-refractivity contribution in [2.45, 2.75) is 30.5 Å². The van der Waals surface area contributed by atoms with Gasteiger partial charge in [-0.3, -0.25) is 0 Å². The molecule has 0 bridgehead atoms. The van der Waals surface area contributed by atoms with Crippen LogP contribution in [0.15, 0.2) is 10.3 Å². The first kappa shape index (κ1) is 15.9. The van der Waals surface area contributed by atoms with E-state index < -0.39 is 10.0 Å². The highest BCUT2D eigenvalue weighted by Gasteiger charge is 2.24. The first-order valence-electron chi connectivity index (χ1n) is 6.93. The molecule has 0 aromatic carbocycles. The third kappa shape index (κ3) is 3.40. The van der Waals surface area contributed by atoms with E-state index in [-0.39, 0.29) is 0 Å². The van der Waals surface area contributed by atoms with Crippen molar-refractivity contribution < 1.29 is 8.42 Å². The SMILES string of the molecule is Cc1cc(S(=O)(=O)N(C)CCN2CCCC2)sc1CN. The van der Waals surface area contributed by atoms with Crippen LogP contribution in [0.2, 0.25) is 0 Å². The molecular formula is C13H23N3O2S2. The molecule has 1 saturated heterocycles. The summed E-state index contributed by atoms with van der Waals surface area (Å²) in [6.07, 6.45) is 2.45. The average Bonchev–Trinajstić information content (AvgIpc) is 3.04. The van der Waals surface area contributed by atoms with Crippen LogP contribution < -0.4 is 5.73 Å². The number of likely N-dealkylation sites (N-methyl/N-ethyl adjacent to an activating group) is 1. The predicted molar refractivity (Wildman–Crippen MR) is 82.4 cm³/mol. The Balaban J connectivity index is 2.03. The zero-order chi connectivity index (χ0) is 14.8. The Labute approximate surface area is 125 Å². The summed E-state index contributed by atoms with van der Waals surface area (Å²) in [4.78, 5) is 3.26. The summed E-state index contributed by atoms with van der Waals surface area (Å²) in [5, 5.41) is 0. The molecule has 20 heavy (non-hydrogen) atoms. The molecule has 1 aromatic heterocycles. The van der Waals surface area contributed by atoms with E-state index >= 15 is 0 Å². The predicted octanol–water partition coefficient (Wildman–Crippen LogP) is 1.23. The summed E-state index contributed by atoms with van der Waals surface area (Å²) >= 11 is 1.28. The van der Waals surface area contributed by atoms with Crippen molar-refractivity contribution in [1.82, 2.24) is 9.21 Å². The van der Waals surface area contributed by atoms with Crippen LogP contribution in [0, 0.1) is 6.92 Å². The minimum atomic E-state index is -3.37. The molecule has 0 aliphatic carbocycles. The van der Waals surface area contributed by atoms with Crippen molar-refractivity contribution in [2.24, 2.45) is 5.73 Å². The summed E-state index contributed by atoms with van der Waals surface area (Å²) in [5.74, 6) is 0. The van der Waals surface area contributed by atoms with E-state index in [2.05, 4.69) is 4.90 Å². The number of likely N-dealkylation sites (tertiary alicyclic amines) is 1. The highest BCUT2D eigenvalue weighted by molar-refractivity contribution is 7.91. The Morgan fingerprint density at radius 2 is 2.05 bits per heavy atom. The van der Waals surface area contributed by atoms with E-state index in [1.165, 1.54) is 28.5 Å². The van der Waals surface area contributed by atoms with Gasteiger partial charge in [0.1, 0.15) is 4.21 Å². The normalized spacial score (nSPS) is 17.2. The van der Waals surface area contributed by atoms with Gasteiger partial charge in [-0.05, 0) is 44.5 Å². The van der Waals surface area contributed by atoms with Gasteiger partial charge in [0.15, 0.2) is 0 Å². The summed E-state index contributed by atoms with van der Waals surface area (Å²) < 4.78 is 26.8. The highest BCUT2D eigenvalue weighted by atomic mass is 32.2. The van der Waals surface area contributed by atoms with E-state index in [1.54, 1.807) is 13.1 Å². The zero-order valence-electron chi connectivity index (χ0n) is 12.1. The maximum atomic E-state index is 12.5. The van der Waals surface area contributed by atoms with Gasteiger partial charge in [-0.2, -0.15) is 4.31 Å². The summed E-state index contributed by atoms with van der Waals surface area (Å²) in [5.41, 5.74) is 6.58. The molecule has 2 rings (SSSR count). The molecule has 2 N–H and O–H groups in total. The molecule has 0 amide bonds. The van der Waals surface area contributed by atoms with Gasteiger partial charge in [0.25, 0.3) is 10.0 Å². The second-order valence-electron chi connectivity index (χ2n) is 5.25. The second kappa shape index (κ2) is 6.53. The monoisotopic (exact) mass is 317 g/mol. The van der Waals surface area contributed by atoms with Crippen LogP contribution in [-0.4, -0.2) is 50.8 Å². The van der Waals surface area contributed by atoms with Crippen LogP contribution in [-0.2, 0) is 16.6 Å². The van der Waals surface area contributed by atoms with Crippen molar-refractivity contribution in [3.05, 3.63) is 16.5 Å². The number of rotatable bonds is 6. The molecule has 1 aliphatic heterocycles. The Morgan fingerprint density at radius 3 is 2.60 bits per heavy atom. The lowest BCUT2D eigenvalue weighted by molar-refractivity contribution is 0.310. The topological polar surface area (TPSA) is 66.6 Å². The number of nitrogens with zero attached hydrogens (tertiary/aromatic N) is 2. The largest absolute Gasteiger partial charge is 0.326 e. The van der Waals surface area contributed by atoms with Gasteiger partial charge in [-0.1, -0.05) is 0 Å². The summed E-state index contributed by atoms with van der Waals surface area (Å²) in [6, 6.07) is 1.73. The number of hydrogen-bond acceptors (Lipinski definition) is 5. The third-order valence-corrected chi connectivity index (χ3v) is 7.34. The lowest BCUT2D eigenvalue weighted by Gasteiger charge is -2.20. The molecule has 0 radical (unpaired) electrons. The van der Waals surface area contributed by atoms with Crippen molar-refractivity contribution in [1.29, 1.82) is 0 Å². The fourth-order valence-electron chi connectivity index (χ4n) is 2.38.